The molecule has 0 amide bonds. The lowest BCUT2D eigenvalue weighted by atomic mass is 9.53. The molecule has 330 valence electrons. The van der Waals surface area contributed by atoms with E-state index in [0.717, 1.165) is 32.1 Å². The van der Waals surface area contributed by atoms with E-state index in [1.165, 1.54) is 61.5 Å². The first-order valence-electron chi connectivity index (χ1n) is 24.3. The summed E-state index contributed by atoms with van der Waals surface area (Å²) in [5.41, 5.74) is 17.3. The number of benzene rings is 5. The standard InChI is InChI=1S/C66H61N/c1-4-5-12-38-58(48-51-28-14-7-15-29-51)67(57-44-42-54(43-45-57)65(53-32-17-8-18-33-53)50(2)27-13-6-16-30-52-31-25-26-40-61(52)65)59-46-47-64(3)63(49-59)60-39-23-11-24-41-62(60)66(64,55-34-19-9-20-35-55)56-36-21-10-22-37-56/h4-23,25-29,31-42,44-45,49-50,54,59H,1,30,43,46-48H2,2-3H3/b12-5-,16-6-,27-13-,58-38+. The lowest BCUT2D eigenvalue weighted by molar-refractivity contribution is 0.209. The largest absolute Gasteiger partial charge is 0.338 e. The number of fused-ring (bicyclic) bond motifs is 3. The molecule has 0 fully saturated rings. The minimum Gasteiger partial charge on any atom is -0.338 e. The topological polar surface area (TPSA) is 3.24 Å². The molecule has 5 unspecified atom stereocenters. The zero-order chi connectivity index (χ0) is 45.7. The van der Waals surface area contributed by atoms with Crippen LogP contribution in [0, 0.1) is 17.3 Å². The second-order valence-electron chi connectivity index (χ2n) is 19.0. The van der Waals surface area contributed by atoms with E-state index in [2.05, 4.69) is 268 Å². The molecule has 0 aromatic heterocycles. The van der Waals surface area contributed by atoms with Crippen molar-refractivity contribution in [1.29, 1.82) is 0 Å². The molecular formula is C66H61N. The Hall–Kier alpha value is -7.18. The molecular weight excluding hydrogens is 807 g/mol. The Kier molecular flexibility index (Phi) is 12.4. The van der Waals surface area contributed by atoms with Gasteiger partial charge in [-0.25, -0.2) is 0 Å². The van der Waals surface area contributed by atoms with E-state index >= 15 is 0 Å². The maximum atomic E-state index is 4.05. The fraction of sp³-hybridized carbons (Fsp3) is 0.197. The van der Waals surface area contributed by atoms with Crippen LogP contribution in [0.15, 0.2) is 283 Å². The summed E-state index contributed by atoms with van der Waals surface area (Å²) in [5.74, 6) is 0.443. The number of allylic oxidation sites excluding steroid dienone is 18. The van der Waals surface area contributed by atoms with Crippen molar-refractivity contribution < 1.29 is 0 Å². The number of hydrogen-bond donors (Lipinski definition) is 0. The molecule has 0 radical (unpaired) electrons. The summed E-state index contributed by atoms with van der Waals surface area (Å²) in [6.45, 7) is 9.02. The van der Waals surface area contributed by atoms with Crippen LogP contribution in [0.5, 0.6) is 0 Å². The van der Waals surface area contributed by atoms with Crippen LogP contribution in [0.3, 0.4) is 0 Å². The van der Waals surface area contributed by atoms with E-state index in [4.69, 9.17) is 0 Å². The monoisotopic (exact) mass is 867 g/mol. The number of rotatable bonds is 11. The molecule has 5 atom stereocenters. The number of nitrogens with zero attached hydrogens (tertiary/aromatic N) is 1. The summed E-state index contributed by atoms with van der Waals surface area (Å²) < 4.78 is 0. The molecule has 67 heavy (non-hydrogen) atoms. The second kappa shape index (κ2) is 19.0. The molecule has 1 nitrogen and oxygen atoms in total. The minimum atomic E-state index is -0.409. The van der Waals surface area contributed by atoms with Gasteiger partial charge in [-0.3, -0.25) is 0 Å². The molecule has 0 saturated heterocycles. The van der Waals surface area contributed by atoms with Gasteiger partial charge in [-0.2, -0.15) is 0 Å². The van der Waals surface area contributed by atoms with Gasteiger partial charge in [-0.15, -0.1) is 5.73 Å². The van der Waals surface area contributed by atoms with Crippen molar-refractivity contribution in [2.75, 3.05) is 0 Å². The van der Waals surface area contributed by atoms with Crippen LogP contribution in [-0.4, -0.2) is 10.9 Å². The molecule has 0 spiro atoms. The van der Waals surface area contributed by atoms with E-state index in [0.29, 0.717) is 0 Å². The molecule has 0 saturated carbocycles. The van der Waals surface area contributed by atoms with Crippen molar-refractivity contribution in [3.63, 3.8) is 0 Å². The van der Waals surface area contributed by atoms with Crippen LogP contribution >= 0.6 is 0 Å². The quantitative estimate of drug-likeness (QED) is 0.0944. The van der Waals surface area contributed by atoms with Gasteiger partial charge in [-0.05, 0) is 112 Å². The molecule has 1 heteroatoms. The van der Waals surface area contributed by atoms with Crippen molar-refractivity contribution in [2.24, 2.45) is 17.3 Å². The highest BCUT2D eigenvalue weighted by molar-refractivity contribution is 5.72. The molecule has 0 N–H and O–H groups in total. The third-order valence-electron chi connectivity index (χ3n) is 15.6. The van der Waals surface area contributed by atoms with Crippen LogP contribution in [0.2, 0.25) is 0 Å². The van der Waals surface area contributed by atoms with Crippen LogP contribution in [-0.2, 0) is 23.7 Å². The van der Waals surface area contributed by atoms with Crippen LogP contribution < -0.4 is 0 Å². The van der Waals surface area contributed by atoms with E-state index < -0.39 is 5.41 Å². The van der Waals surface area contributed by atoms with Gasteiger partial charge in [0.05, 0.1) is 11.5 Å². The maximum Gasteiger partial charge on any atom is 0.0557 e. The van der Waals surface area contributed by atoms with Crippen molar-refractivity contribution in [1.82, 2.24) is 4.90 Å². The van der Waals surface area contributed by atoms with Gasteiger partial charge in [-0.1, -0.05) is 239 Å². The summed E-state index contributed by atoms with van der Waals surface area (Å²) >= 11 is 0. The lowest BCUT2D eigenvalue weighted by Gasteiger charge is -2.51. The van der Waals surface area contributed by atoms with E-state index in [-0.39, 0.29) is 28.7 Å². The van der Waals surface area contributed by atoms with Gasteiger partial charge in [0.15, 0.2) is 0 Å². The minimum absolute atomic E-state index is 0.0916. The Morgan fingerprint density at radius 2 is 1.42 bits per heavy atom. The molecule has 5 aromatic carbocycles. The Balaban J connectivity index is 1.15. The van der Waals surface area contributed by atoms with Gasteiger partial charge < -0.3 is 4.90 Å². The third-order valence-corrected chi connectivity index (χ3v) is 15.6. The SMILES string of the molecule is C=C/C=C\C=C(/Cc1ccccc1)N(C1=CCC(C2(c3ccccc3)c3ccccc3C/C=C\C=C/C2C)C=C1)C1C=C2C3=C(C=C=CC=C3)C(c3ccccc3)(c3ccccc3)C2(C)CC1. The van der Waals surface area contributed by atoms with Crippen molar-refractivity contribution in [3.8, 4) is 0 Å². The fourth-order valence-electron chi connectivity index (χ4n) is 12.7. The van der Waals surface area contributed by atoms with Crippen molar-refractivity contribution in [3.05, 3.63) is 317 Å². The molecule has 10 rings (SSSR count). The summed E-state index contributed by atoms with van der Waals surface area (Å²) in [6, 6.07) is 54.2. The van der Waals surface area contributed by atoms with Gasteiger partial charge in [0.1, 0.15) is 0 Å². The predicted molar refractivity (Wildman–Crippen MR) is 281 cm³/mol. The van der Waals surface area contributed by atoms with Gasteiger partial charge in [0, 0.05) is 28.6 Å². The van der Waals surface area contributed by atoms with E-state index in [1.54, 1.807) is 0 Å². The predicted octanol–water partition coefficient (Wildman–Crippen LogP) is 15.6. The van der Waals surface area contributed by atoms with E-state index in [1.807, 2.05) is 6.08 Å². The normalized spacial score (nSPS) is 25.9. The first-order chi connectivity index (χ1) is 33.0. The smallest absolute Gasteiger partial charge is 0.0557 e. The zero-order valence-corrected chi connectivity index (χ0v) is 39.0. The Labute approximate surface area is 399 Å². The van der Waals surface area contributed by atoms with Crippen molar-refractivity contribution >= 4 is 0 Å². The highest BCUT2D eigenvalue weighted by Gasteiger charge is 2.61. The molecule has 5 aromatic rings. The average Bonchev–Trinajstić information content (AvgIpc) is 3.45. The van der Waals surface area contributed by atoms with E-state index in [9.17, 15) is 0 Å². The molecule has 0 bridgehead atoms. The van der Waals surface area contributed by atoms with Gasteiger partial charge in [0.25, 0.3) is 0 Å². The highest BCUT2D eigenvalue weighted by Crippen LogP contribution is 2.67. The molecule has 5 aliphatic carbocycles. The second-order valence-corrected chi connectivity index (χ2v) is 19.0. The first kappa shape index (κ1) is 43.7. The maximum absolute atomic E-state index is 4.05. The van der Waals surface area contributed by atoms with Gasteiger partial charge in [0.2, 0.25) is 0 Å². The summed E-state index contributed by atoms with van der Waals surface area (Å²) in [4.78, 5) is 2.69. The summed E-state index contributed by atoms with van der Waals surface area (Å²) in [7, 11) is 0. The van der Waals surface area contributed by atoms with Crippen LogP contribution in [0.1, 0.15) is 66.5 Å². The molecule has 5 aliphatic rings. The van der Waals surface area contributed by atoms with Crippen LogP contribution in [0.4, 0.5) is 0 Å². The summed E-state index contributed by atoms with van der Waals surface area (Å²) in [5, 5.41) is 0. The first-order valence-corrected chi connectivity index (χ1v) is 24.3. The average molecular weight is 868 g/mol. The highest BCUT2D eigenvalue weighted by atomic mass is 15.2. The fourth-order valence-corrected chi connectivity index (χ4v) is 12.7. The third kappa shape index (κ3) is 7.62. The zero-order valence-electron chi connectivity index (χ0n) is 39.0. The van der Waals surface area contributed by atoms with Gasteiger partial charge >= 0.3 is 0 Å². The Bertz CT molecular complexity index is 2920. The molecule has 0 heterocycles. The molecule has 0 aliphatic heterocycles. The van der Waals surface area contributed by atoms with Crippen LogP contribution in [0.25, 0.3) is 0 Å². The lowest BCUT2D eigenvalue weighted by Crippen LogP contribution is -2.47. The number of hydrogen-bond acceptors (Lipinski definition) is 1. The Morgan fingerprint density at radius 1 is 0.746 bits per heavy atom. The summed E-state index contributed by atoms with van der Waals surface area (Å²) in [6.07, 6.45) is 41.4. The Morgan fingerprint density at radius 3 is 2.10 bits per heavy atom. The van der Waals surface area contributed by atoms with Crippen molar-refractivity contribution in [2.45, 2.75) is 62.8 Å².